The van der Waals surface area contributed by atoms with E-state index in [1.807, 2.05) is 6.92 Å². The summed E-state index contributed by atoms with van der Waals surface area (Å²) >= 11 is 0. The van der Waals surface area contributed by atoms with Gasteiger partial charge in [0.1, 0.15) is 0 Å². The molecule has 0 radical (unpaired) electrons. The molecule has 0 heterocycles. The summed E-state index contributed by atoms with van der Waals surface area (Å²) in [6.07, 6.45) is 2.13. The van der Waals surface area contributed by atoms with Crippen LogP contribution in [0.4, 0.5) is 0 Å². The second-order valence-electron chi connectivity index (χ2n) is 2.38. The van der Waals surface area contributed by atoms with Gasteiger partial charge in [-0.1, -0.05) is 20.3 Å². The molecule has 0 aliphatic heterocycles. The number of carboxylic acids is 1. The highest BCUT2D eigenvalue weighted by Gasteiger charge is 1.87. The lowest BCUT2D eigenvalue weighted by Crippen LogP contribution is -1.95. The van der Waals surface area contributed by atoms with Crippen LogP contribution in [0.2, 0.25) is 0 Å². The fourth-order valence-electron chi connectivity index (χ4n) is 0.418. The van der Waals surface area contributed by atoms with Gasteiger partial charge in [0.2, 0.25) is 0 Å². The molecule has 0 aliphatic carbocycles. The van der Waals surface area contributed by atoms with Crippen molar-refractivity contribution in [3.8, 4) is 0 Å². The first kappa shape index (κ1) is 13.1. The molecule has 0 rings (SSSR count). The van der Waals surface area contributed by atoms with Crippen LogP contribution in [0.25, 0.3) is 0 Å². The highest BCUT2D eigenvalue weighted by atomic mass is 16.4. The summed E-state index contributed by atoms with van der Waals surface area (Å²) in [6, 6.07) is 0. The monoisotopic (exact) mass is 162 g/mol. The largest absolute Gasteiger partial charge is 0.481 e. The van der Waals surface area contributed by atoms with E-state index in [0.29, 0.717) is 0 Å². The molecule has 68 valence electrons. The van der Waals surface area contributed by atoms with Crippen LogP contribution in [0.1, 0.15) is 40.0 Å². The van der Waals surface area contributed by atoms with Gasteiger partial charge in [0, 0.05) is 6.42 Å². The lowest BCUT2D eigenvalue weighted by Gasteiger charge is -1.95. The minimum Gasteiger partial charge on any atom is -0.481 e. The molecule has 0 spiro atoms. The van der Waals surface area contributed by atoms with Crippen molar-refractivity contribution in [1.82, 2.24) is 0 Å². The van der Waals surface area contributed by atoms with Gasteiger partial charge in [0.15, 0.2) is 0 Å². The summed E-state index contributed by atoms with van der Waals surface area (Å²) in [7, 11) is 0. The molecule has 2 N–H and O–H groups in total. The molecule has 0 aliphatic rings. The number of hydrogen-bond acceptors (Lipinski definition) is 2. The van der Waals surface area contributed by atoms with Crippen molar-refractivity contribution in [1.29, 1.82) is 0 Å². The van der Waals surface area contributed by atoms with Crippen molar-refractivity contribution < 1.29 is 15.0 Å². The average Bonchev–Trinajstić information content (AvgIpc) is 1.89. The molecule has 0 aromatic carbocycles. The Morgan fingerprint density at radius 2 is 1.82 bits per heavy atom. The number of carboxylic acid groups (broad SMARTS) is 1. The summed E-state index contributed by atoms with van der Waals surface area (Å²) in [5.41, 5.74) is 0. The summed E-state index contributed by atoms with van der Waals surface area (Å²) < 4.78 is 0. The van der Waals surface area contributed by atoms with Crippen LogP contribution in [0.15, 0.2) is 0 Å². The number of aliphatic hydroxyl groups excluding tert-OH is 1. The fourth-order valence-corrected chi connectivity index (χ4v) is 0.418. The predicted octanol–water partition coefficient (Wildman–Crippen LogP) is 1.65. The molecular formula is C8H18O3. The summed E-state index contributed by atoms with van der Waals surface area (Å²) in [5, 5.41) is 16.3. The minimum absolute atomic E-state index is 0.102. The van der Waals surface area contributed by atoms with Crippen LogP contribution >= 0.6 is 0 Å². The normalized spacial score (nSPS) is 11.3. The van der Waals surface area contributed by atoms with Gasteiger partial charge in [-0.15, -0.1) is 0 Å². The second-order valence-corrected chi connectivity index (χ2v) is 2.38. The van der Waals surface area contributed by atoms with Crippen LogP contribution in [0.5, 0.6) is 0 Å². The Morgan fingerprint density at radius 3 is 1.82 bits per heavy atom. The molecule has 1 atom stereocenters. The average molecular weight is 162 g/mol. The topological polar surface area (TPSA) is 57.5 Å². The van der Waals surface area contributed by atoms with E-state index >= 15 is 0 Å². The minimum atomic E-state index is -0.745. The highest BCUT2D eigenvalue weighted by Crippen LogP contribution is 1.91. The maximum atomic E-state index is 9.37. The lowest BCUT2D eigenvalue weighted by atomic mass is 10.2. The van der Waals surface area contributed by atoms with E-state index in [9.17, 15) is 4.79 Å². The molecule has 0 saturated carbocycles. The van der Waals surface area contributed by atoms with Gasteiger partial charge in [-0.25, -0.2) is 0 Å². The predicted molar refractivity (Wildman–Crippen MR) is 44.5 cm³/mol. The van der Waals surface area contributed by atoms with E-state index in [-0.39, 0.29) is 12.5 Å². The van der Waals surface area contributed by atoms with Crippen LogP contribution < -0.4 is 0 Å². The zero-order valence-electron chi connectivity index (χ0n) is 7.50. The molecule has 3 heteroatoms. The first-order valence-corrected chi connectivity index (χ1v) is 3.94. The van der Waals surface area contributed by atoms with Gasteiger partial charge in [-0.3, -0.25) is 4.79 Å². The van der Waals surface area contributed by atoms with Gasteiger partial charge in [-0.2, -0.15) is 0 Å². The Labute approximate surface area is 68.0 Å². The molecular weight excluding hydrogens is 144 g/mol. The third-order valence-corrected chi connectivity index (χ3v) is 1.01. The number of hydrogen-bond donors (Lipinski definition) is 2. The third-order valence-electron chi connectivity index (χ3n) is 1.01. The maximum absolute atomic E-state index is 9.37. The van der Waals surface area contributed by atoms with Crippen molar-refractivity contribution in [2.24, 2.45) is 0 Å². The first-order chi connectivity index (χ1) is 5.04. The number of aliphatic carboxylic acids is 1. The van der Waals surface area contributed by atoms with E-state index in [4.69, 9.17) is 10.2 Å². The van der Waals surface area contributed by atoms with Crippen molar-refractivity contribution >= 4 is 5.97 Å². The fraction of sp³-hybridized carbons (Fsp3) is 0.875. The summed E-state index contributed by atoms with van der Waals surface area (Å²) in [6.45, 7) is 5.47. The second kappa shape index (κ2) is 9.43. The Bertz CT molecular complexity index is 89.3. The quantitative estimate of drug-likeness (QED) is 0.663. The van der Waals surface area contributed by atoms with Gasteiger partial charge in [-0.05, 0) is 13.3 Å². The van der Waals surface area contributed by atoms with Crippen LogP contribution in [-0.2, 0) is 4.79 Å². The Morgan fingerprint density at radius 1 is 1.45 bits per heavy atom. The van der Waals surface area contributed by atoms with E-state index in [0.717, 1.165) is 12.8 Å². The van der Waals surface area contributed by atoms with E-state index in [1.54, 1.807) is 6.92 Å². The first-order valence-electron chi connectivity index (χ1n) is 3.94. The third kappa shape index (κ3) is 26.5. The van der Waals surface area contributed by atoms with Gasteiger partial charge >= 0.3 is 5.97 Å². The van der Waals surface area contributed by atoms with E-state index in [2.05, 4.69) is 6.92 Å². The summed E-state index contributed by atoms with van der Waals surface area (Å²) in [5.74, 6) is -0.745. The number of aliphatic hydroxyl groups is 1. The highest BCUT2D eigenvalue weighted by molar-refractivity contribution is 5.66. The van der Waals surface area contributed by atoms with Crippen LogP contribution in [0, 0.1) is 0 Å². The van der Waals surface area contributed by atoms with Crippen LogP contribution in [0.3, 0.4) is 0 Å². The van der Waals surface area contributed by atoms with Crippen molar-refractivity contribution in [2.75, 3.05) is 0 Å². The van der Waals surface area contributed by atoms with Crippen molar-refractivity contribution in [3.05, 3.63) is 0 Å². The van der Waals surface area contributed by atoms with Crippen molar-refractivity contribution in [2.45, 2.75) is 46.1 Å². The Kier molecular flexibility index (Phi) is 11.2. The molecule has 0 amide bonds. The van der Waals surface area contributed by atoms with Crippen molar-refractivity contribution in [3.63, 3.8) is 0 Å². The lowest BCUT2D eigenvalue weighted by molar-refractivity contribution is -0.136. The molecule has 0 fully saturated rings. The van der Waals surface area contributed by atoms with Gasteiger partial charge < -0.3 is 10.2 Å². The Balaban J connectivity index is 0. The maximum Gasteiger partial charge on any atom is 0.303 e. The van der Waals surface area contributed by atoms with Crippen LogP contribution in [-0.4, -0.2) is 22.3 Å². The molecule has 0 aromatic heterocycles. The zero-order chi connectivity index (χ0) is 9.28. The zero-order valence-corrected chi connectivity index (χ0v) is 7.50. The molecule has 0 saturated heterocycles. The summed E-state index contributed by atoms with van der Waals surface area (Å²) in [4.78, 5) is 9.37. The standard InChI is InChI=1S/C5H12O.C3H6O2/c1-3-4-5(2)6;1-2-3(4)5/h5-6H,3-4H2,1-2H3;2H2,1H3,(H,4,5). The molecule has 11 heavy (non-hydrogen) atoms. The smallest absolute Gasteiger partial charge is 0.303 e. The van der Waals surface area contributed by atoms with E-state index in [1.165, 1.54) is 0 Å². The molecule has 3 nitrogen and oxygen atoms in total. The number of carbonyl (C=O) groups is 1. The van der Waals surface area contributed by atoms with E-state index < -0.39 is 5.97 Å². The molecule has 1 unspecified atom stereocenters. The molecule has 0 aromatic rings. The van der Waals surface area contributed by atoms with Gasteiger partial charge in [0.25, 0.3) is 0 Å². The number of rotatable bonds is 3. The Hall–Kier alpha value is -0.570. The van der Waals surface area contributed by atoms with Gasteiger partial charge in [0.05, 0.1) is 6.10 Å². The molecule has 0 bridgehead atoms. The SMILES string of the molecule is CCC(=O)O.CCCC(C)O.